The molecule has 1 amide bonds. The number of nitrogen functional groups attached to an aromatic ring is 2. The van der Waals surface area contributed by atoms with Crippen molar-refractivity contribution in [2.24, 2.45) is 0 Å². The van der Waals surface area contributed by atoms with Crippen LogP contribution in [0.2, 0.25) is 0 Å². The maximum Gasteiger partial charge on any atom is 0.256 e. The fourth-order valence-corrected chi connectivity index (χ4v) is 2.29. The first-order chi connectivity index (χ1) is 8.49. The van der Waals surface area contributed by atoms with Crippen LogP contribution in [0.25, 0.3) is 0 Å². The number of nitrogens with two attached hydrogens (primary N) is 2. The molecule has 0 aromatic heterocycles. The second-order valence-electron chi connectivity index (χ2n) is 5.00. The molecule has 0 aliphatic carbocycles. The maximum absolute atomic E-state index is 12.3. The van der Waals surface area contributed by atoms with E-state index in [0.717, 1.165) is 19.5 Å². The number of rotatable bonds is 2. The number of carbonyl (C=O) groups is 1. The lowest BCUT2D eigenvalue weighted by Crippen LogP contribution is -2.34. The monoisotopic (exact) mass is 248 g/mol. The molecule has 1 aromatic rings. The SMILES string of the molecule is CN(C)C1CCN(C(=O)c2ccc(N)cc2N)C1. The minimum absolute atomic E-state index is 0.00292. The fraction of sp³-hybridized carbons (Fsp3) is 0.462. The molecule has 0 radical (unpaired) electrons. The van der Waals surface area contributed by atoms with Crippen LogP contribution in [0.4, 0.5) is 11.4 Å². The minimum atomic E-state index is -0.00292. The van der Waals surface area contributed by atoms with E-state index in [0.29, 0.717) is 23.0 Å². The van der Waals surface area contributed by atoms with Gasteiger partial charge in [-0.25, -0.2) is 0 Å². The topological polar surface area (TPSA) is 75.6 Å². The molecule has 98 valence electrons. The van der Waals surface area contributed by atoms with Gasteiger partial charge in [0.1, 0.15) is 0 Å². The first-order valence-corrected chi connectivity index (χ1v) is 6.09. The van der Waals surface area contributed by atoms with Crippen molar-refractivity contribution in [1.82, 2.24) is 9.80 Å². The van der Waals surface area contributed by atoms with Gasteiger partial charge in [-0.3, -0.25) is 4.79 Å². The average molecular weight is 248 g/mol. The van der Waals surface area contributed by atoms with Crippen LogP contribution in [-0.4, -0.2) is 48.9 Å². The second kappa shape index (κ2) is 4.86. The zero-order valence-corrected chi connectivity index (χ0v) is 10.9. The van der Waals surface area contributed by atoms with E-state index in [9.17, 15) is 4.79 Å². The quantitative estimate of drug-likeness (QED) is 0.753. The number of likely N-dealkylation sites (tertiary alicyclic amines) is 1. The highest BCUT2D eigenvalue weighted by atomic mass is 16.2. The largest absolute Gasteiger partial charge is 0.399 e. The third-order valence-corrected chi connectivity index (χ3v) is 3.49. The molecule has 0 saturated carbocycles. The first kappa shape index (κ1) is 12.7. The zero-order chi connectivity index (χ0) is 13.3. The van der Waals surface area contributed by atoms with Crippen molar-refractivity contribution in [2.45, 2.75) is 12.5 Å². The van der Waals surface area contributed by atoms with Gasteiger partial charge in [0.05, 0.1) is 5.56 Å². The van der Waals surface area contributed by atoms with Crippen molar-refractivity contribution in [3.05, 3.63) is 23.8 Å². The number of hydrogen-bond acceptors (Lipinski definition) is 4. The molecule has 1 aliphatic heterocycles. The van der Waals surface area contributed by atoms with E-state index in [4.69, 9.17) is 11.5 Å². The Hall–Kier alpha value is -1.75. The third kappa shape index (κ3) is 2.41. The molecule has 1 heterocycles. The molecule has 1 aromatic carbocycles. The van der Waals surface area contributed by atoms with Crippen molar-refractivity contribution >= 4 is 17.3 Å². The standard InChI is InChI=1S/C13H20N4O/c1-16(2)10-5-6-17(8-10)13(18)11-4-3-9(14)7-12(11)15/h3-4,7,10H,5-6,8,14-15H2,1-2H3. The number of amides is 1. The summed E-state index contributed by atoms with van der Waals surface area (Å²) in [5.74, 6) is -0.00292. The van der Waals surface area contributed by atoms with Crippen LogP contribution in [0.3, 0.4) is 0 Å². The lowest BCUT2D eigenvalue weighted by Gasteiger charge is -2.21. The van der Waals surface area contributed by atoms with Crippen molar-refractivity contribution in [3.8, 4) is 0 Å². The molecule has 1 atom stereocenters. The number of carbonyl (C=O) groups excluding carboxylic acids is 1. The molecule has 1 aliphatic rings. The molecule has 5 heteroatoms. The molecule has 18 heavy (non-hydrogen) atoms. The number of likely N-dealkylation sites (N-methyl/N-ethyl adjacent to an activating group) is 1. The van der Waals surface area contributed by atoms with Crippen LogP contribution in [0.15, 0.2) is 18.2 Å². The van der Waals surface area contributed by atoms with Gasteiger partial charge in [-0.1, -0.05) is 0 Å². The smallest absolute Gasteiger partial charge is 0.256 e. The highest BCUT2D eigenvalue weighted by molar-refractivity contribution is 5.99. The van der Waals surface area contributed by atoms with Crippen LogP contribution in [0.5, 0.6) is 0 Å². The molecule has 0 bridgehead atoms. The summed E-state index contributed by atoms with van der Waals surface area (Å²) in [6.07, 6.45) is 1.01. The minimum Gasteiger partial charge on any atom is -0.399 e. The Labute approximate surface area is 107 Å². The highest BCUT2D eigenvalue weighted by Crippen LogP contribution is 2.21. The Kier molecular flexibility index (Phi) is 3.43. The van der Waals surface area contributed by atoms with Crippen LogP contribution in [-0.2, 0) is 0 Å². The van der Waals surface area contributed by atoms with Gasteiger partial charge in [0.15, 0.2) is 0 Å². The highest BCUT2D eigenvalue weighted by Gasteiger charge is 2.28. The second-order valence-corrected chi connectivity index (χ2v) is 5.00. The molecule has 1 unspecified atom stereocenters. The van der Waals surface area contributed by atoms with E-state index in [1.807, 2.05) is 19.0 Å². The molecular formula is C13H20N4O. The van der Waals surface area contributed by atoms with Gasteiger partial charge in [0.25, 0.3) is 5.91 Å². The molecule has 5 nitrogen and oxygen atoms in total. The van der Waals surface area contributed by atoms with Crippen molar-refractivity contribution < 1.29 is 4.79 Å². The zero-order valence-electron chi connectivity index (χ0n) is 10.9. The number of benzene rings is 1. The Morgan fingerprint density at radius 2 is 2.11 bits per heavy atom. The van der Waals surface area contributed by atoms with E-state index in [1.165, 1.54) is 0 Å². The molecule has 2 rings (SSSR count). The van der Waals surface area contributed by atoms with Gasteiger partial charge in [0, 0.05) is 30.5 Å². The molecule has 0 spiro atoms. The Bertz CT molecular complexity index is 458. The van der Waals surface area contributed by atoms with Gasteiger partial charge < -0.3 is 21.3 Å². The fourth-order valence-electron chi connectivity index (χ4n) is 2.29. The van der Waals surface area contributed by atoms with Crippen LogP contribution >= 0.6 is 0 Å². The summed E-state index contributed by atoms with van der Waals surface area (Å²) in [5.41, 5.74) is 13.1. The third-order valence-electron chi connectivity index (χ3n) is 3.49. The summed E-state index contributed by atoms with van der Waals surface area (Å²) in [5, 5.41) is 0. The van der Waals surface area contributed by atoms with E-state index in [-0.39, 0.29) is 5.91 Å². The lowest BCUT2D eigenvalue weighted by molar-refractivity contribution is 0.0784. The van der Waals surface area contributed by atoms with Crippen molar-refractivity contribution in [1.29, 1.82) is 0 Å². The van der Waals surface area contributed by atoms with Gasteiger partial charge in [-0.15, -0.1) is 0 Å². The normalized spacial score (nSPS) is 19.5. The summed E-state index contributed by atoms with van der Waals surface area (Å²) in [6, 6.07) is 5.48. The van der Waals surface area contributed by atoms with Crippen molar-refractivity contribution in [3.63, 3.8) is 0 Å². The van der Waals surface area contributed by atoms with Gasteiger partial charge in [-0.05, 0) is 38.7 Å². The molecule has 4 N–H and O–H groups in total. The van der Waals surface area contributed by atoms with Gasteiger partial charge >= 0.3 is 0 Å². The van der Waals surface area contributed by atoms with Gasteiger partial charge in [0.2, 0.25) is 0 Å². The van der Waals surface area contributed by atoms with Crippen LogP contribution < -0.4 is 11.5 Å². The van der Waals surface area contributed by atoms with E-state index in [1.54, 1.807) is 18.2 Å². The van der Waals surface area contributed by atoms with E-state index in [2.05, 4.69) is 4.90 Å². The Morgan fingerprint density at radius 1 is 1.39 bits per heavy atom. The van der Waals surface area contributed by atoms with Crippen LogP contribution in [0.1, 0.15) is 16.8 Å². The molecular weight excluding hydrogens is 228 g/mol. The number of anilines is 2. The number of hydrogen-bond donors (Lipinski definition) is 2. The van der Waals surface area contributed by atoms with Crippen LogP contribution in [0, 0.1) is 0 Å². The molecule has 1 saturated heterocycles. The lowest BCUT2D eigenvalue weighted by atomic mass is 10.1. The maximum atomic E-state index is 12.3. The average Bonchev–Trinajstić information content (AvgIpc) is 2.77. The summed E-state index contributed by atoms with van der Waals surface area (Å²) in [6.45, 7) is 1.54. The van der Waals surface area contributed by atoms with E-state index < -0.39 is 0 Å². The summed E-state index contributed by atoms with van der Waals surface area (Å²) in [7, 11) is 4.08. The Balaban J connectivity index is 2.13. The van der Waals surface area contributed by atoms with Crippen molar-refractivity contribution in [2.75, 3.05) is 38.7 Å². The summed E-state index contributed by atoms with van der Waals surface area (Å²) in [4.78, 5) is 16.3. The first-order valence-electron chi connectivity index (χ1n) is 6.09. The summed E-state index contributed by atoms with van der Waals surface area (Å²) >= 11 is 0. The molecule has 1 fully saturated rings. The van der Waals surface area contributed by atoms with Gasteiger partial charge in [-0.2, -0.15) is 0 Å². The Morgan fingerprint density at radius 3 is 2.67 bits per heavy atom. The predicted molar refractivity (Wildman–Crippen MR) is 73.3 cm³/mol. The summed E-state index contributed by atoms with van der Waals surface area (Å²) < 4.78 is 0. The number of nitrogens with zero attached hydrogens (tertiary/aromatic N) is 2. The predicted octanol–water partition coefficient (Wildman–Crippen LogP) is 0.627. The van der Waals surface area contributed by atoms with E-state index >= 15 is 0 Å².